The van der Waals surface area contributed by atoms with Crippen molar-refractivity contribution < 1.29 is 5.11 Å². The lowest BCUT2D eigenvalue weighted by Crippen LogP contribution is -2.34. The van der Waals surface area contributed by atoms with Crippen LogP contribution in [0.15, 0.2) is 6.33 Å². The van der Waals surface area contributed by atoms with Crippen molar-refractivity contribution in [3.63, 3.8) is 0 Å². The van der Waals surface area contributed by atoms with E-state index in [0.29, 0.717) is 12.3 Å². The summed E-state index contributed by atoms with van der Waals surface area (Å²) in [7, 11) is 2.12. The summed E-state index contributed by atoms with van der Waals surface area (Å²) in [6.45, 7) is 7.22. The molecule has 0 aromatic carbocycles. The third-order valence-electron chi connectivity index (χ3n) is 3.86. The SMILES string of the molecule is CC(C)Cn1ncnc1CC1(O)CCCN(C)CC1. The number of aliphatic hydroxyl groups is 1. The Morgan fingerprint density at radius 3 is 2.89 bits per heavy atom. The molecule has 1 aliphatic heterocycles. The van der Waals surface area contributed by atoms with E-state index in [4.69, 9.17) is 0 Å². The van der Waals surface area contributed by atoms with Crippen molar-refractivity contribution in [3.05, 3.63) is 12.2 Å². The molecule has 1 N–H and O–H groups in total. The van der Waals surface area contributed by atoms with Crippen molar-refractivity contribution in [3.8, 4) is 0 Å². The van der Waals surface area contributed by atoms with Crippen molar-refractivity contribution >= 4 is 0 Å². The summed E-state index contributed by atoms with van der Waals surface area (Å²) in [5.74, 6) is 1.45. The van der Waals surface area contributed by atoms with E-state index in [0.717, 1.165) is 44.7 Å². The number of rotatable bonds is 4. The maximum atomic E-state index is 10.8. The minimum atomic E-state index is -0.619. The monoisotopic (exact) mass is 266 g/mol. The topological polar surface area (TPSA) is 54.2 Å². The van der Waals surface area contributed by atoms with Gasteiger partial charge in [0.2, 0.25) is 0 Å². The van der Waals surface area contributed by atoms with Crippen LogP contribution in [0, 0.1) is 5.92 Å². The molecule has 0 radical (unpaired) electrons. The van der Waals surface area contributed by atoms with E-state index >= 15 is 0 Å². The van der Waals surface area contributed by atoms with Gasteiger partial charge in [0.25, 0.3) is 0 Å². The lowest BCUT2D eigenvalue weighted by Gasteiger charge is -2.26. The van der Waals surface area contributed by atoms with Gasteiger partial charge in [0.1, 0.15) is 12.2 Å². The van der Waals surface area contributed by atoms with Crippen LogP contribution < -0.4 is 0 Å². The lowest BCUT2D eigenvalue weighted by atomic mass is 9.91. The van der Waals surface area contributed by atoms with E-state index in [1.54, 1.807) is 6.33 Å². The first-order valence-corrected chi connectivity index (χ1v) is 7.26. The third-order valence-corrected chi connectivity index (χ3v) is 3.86. The number of likely N-dealkylation sites (tertiary alicyclic amines) is 1. The van der Waals surface area contributed by atoms with Gasteiger partial charge in [-0.05, 0) is 38.8 Å². The van der Waals surface area contributed by atoms with Crippen LogP contribution in [0.4, 0.5) is 0 Å². The fourth-order valence-electron chi connectivity index (χ4n) is 2.71. The highest BCUT2D eigenvalue weighted by molar-refractivity contribution is 4.96. The maximum Gasteiger partial charge on any atom is 0.138 e. The zero-order chi connectivity index (χ0) is 13.9. The first-order chi connectivity index (χ1) is 8.98. The molecule has 1 unspecified atom stereocenters. The summed E-state index contributed by atoms with van der Waals surface area (Å²) in [4.78, 5) is 6.62. The predicted octanol–water partition coefficient (Wildman–Crippen LogP) is 1.32. The standard InChI is InChI=1S/C14H26N4O/c1-12(2)10-18-13(15-11-16-18)9-14(19)5-4-7-17(3)8-6-14/h11-12,19H,4-10H2,1-3H3. The quantitative estimate of drug-likeness (QED) is 0.893. The minimum Gasteiger partial charge on any atom is -0.389 e. The molecule has 1 aromatic rings. The van der Waals surface area contributed by atoms with Gasteiger partial charge in [0.15, 0.2) is 0 Å². The summed E-state index contributed by atoms with van der Waals surface area (Å²) in [6.07, 6.45) is 4.94. The third kappa shape index (κ3) is 4.01. The predicted molar refractivity (Wildman–Crippen MR) is 74.9 cm³/mol. The smallest absolute Gasteiger partial charge is 0.138 e. The number of hydrogen-bond acceptors (Lipinski definition) is 4. The van der Waals surface area contributed by atoms with E-state index in [-0.39, 0.29) is 0 Å². The van der Waals surface area contributed by atoms with Gasteiger partial charge in [-0.3, -0.25) is 0 Å². The minimum absolute atomic E-state index is 0.537. The second-order valence-corrected chi connectivity index (χ2v) is 6.31. The maximum absolute atomic E-state index is 10.8. The summed E-state index contributed by atoms with van der Waals surface area (Å²) >= 11 is 0. The molecule has 1 aliphatic rings. The van der Waals surface area contributed by atoms with Crippen LogP contribution >= 0.6 is 0 Å². The molecular formula is C14H26N4O. The van der Waals surface area contributed by atoms with E-state index < -0.39 is 5.60 Å². The van der Waals surface area contributed by atoms with E-state index in [1.807, 2.05) is 4.68 Å². The Labute approximate surface area is 115 Å². The average Bonchev–Trinajstić information content (AvgIpc) is 2.65. The molecule has 5 heteroatoms. The second-order valence-electron chi connectivity index (χ2n) is 6.31. The number of aromatic nitrogens is 3. The van der Waals surface area contributed by atoms with Crippen molar-refractivity contribution in [1.29, 1.82) is 0 Å². The molecular weight excluding hydrogens is 240 g/mol. The van der Waals surface area contributed by atoms with E-state index in [2.05, 4.69) is 35.9 Å². The van der Waals surface area contributed by atoms with Gasteiger partial charge in [0, 0.05) is 19.5 Å². The van der Waals surface area contributed by atoms with Crippen molar-refractivity contribution in [2.75, 3.05) is 20.1 Å². The van der Waals surface area contributed by atoms with Crippen LogP contribution in [0.5, 0.6) is 0 Å². The van der Waals surface area contributed by atoms with Gasteiger partial charge in [-0.1, -0.05) is 13.8 Å². The van der Waals surface area contributed by atoms with Gasteiger partial charge in [-0.25, -0.2) is 9.67 Å². The van der Waals surface area contributed by atoms with Gasteiger partial charge < -0.3 is 10.0 Å². The Kier molecular flexibility index (Phi) is 4.58. The highest BCUT2D eigenvalue weighted by Gasteiger charge is 2.31. The molecule has 1 aromatic heterocycles. The van der Waals surface area contributed by atoms with Gasteiger partial charge in [-0.2, -0.15) is 5.10 Å². The first kappa shape index (κ1) is 14.5. The first-order valence-electron chi connectivity index (χ1n) is 7.26. The fraction of sp³-hybridized carbons (Fsp3) is 0.857. The lowest BCUT2D eigenvalue weighted by molar-refractivity contribution is 0.0233. The molecule has 5 nitrogen and oxygen atoms in total. The highest BCUT2D eigenvalue weighted by atomic mass is 16.3. The van der Waals surface area contributed by atoms with Crippen LogP contribution in [0.3, 0.4) is 0 Å². The molecule has 0 aliphatic carbocycles. The van der Waals surface area contributed by atoms with Crippen molar-refractivity contribution in [2.45, 2.75) is 51.7 Å². The highest BCUT2D eigenvalue weighted by Crippen LogP contribution is 2.25. The zero-order valence-corrected chi connectivity index (χ0v) is 12.3. The Hall–Kier alpha value is -0.940. The summed E-state index contributed by atoms with van der Waals surface area (Å²) < 4.78 is 1.94. The Bertz CT molecular complexity index is 404. The van der Waals surface area contributed by atoms with Crippen LogP contribution in [0.25, 0.3) is 0 Å². The van der Waals surface area contributed by atoms with Crippen LogP contribution in [0.1, 0.15) is 38.9 Å². The average molecular weight is 266 g/mol. The molecule has 2 rings (SSSR count). The molecule has 1 atom stereocenters. The molecule has 0 amide bonds. The second kappa shape index (κ2) is 6.01. The Balaban J connectivity index is 2.05. The van der Waals surface area contributed by atoms with Crippen LogP contribution in [-0.2, 0) is 13.0 Å². The molecule has 0 spiro atoms. The molecule has 0 bridgehead atoms. The molecule has 2 heterocycles. The zero-order valence-electron chi connectivity index (χ0n) is 12.3. The summed E-state index contributed by atoms with van der Waals surface area (Å²) in [5, 5.41) is 15.1. The Morgan fingerprint density at radius 2 is 2.16 bits per heavy atom. The van der Waals surface area contributed by atoms with E-state index in [9.17, 15) is 5.11 Å². The van der Waals surface area contributed by atoms with Gasteiger partial charge in [-0.15, -0.1) is 0 Å². The van der Waals surface area contributed by atoms with Gasteiger partial charge in [0.05, 0.1) is 5.60 Å². The normalized spacial score (nSPS) is 25.7. The summed E-state index contributed by atoms with van der Waals surface area (Å²) in [6, 6.07) is 0. The van der Waals surface area contributed by atoms with Crippen molar-refractivity contribution in [2.24, 2.45) is 5.92 Å². The van der Waals surface area contributed by atoms with Crippen LogP contribution in [-0.4, -0.2) is 50.5 Å². The number of nitrogens with zero attached hydrogens (tertiary/aromatic N) is 4. The molecule has 19 heavy (non-hydrogen) atoms. The van der Waals surface area contributed by atoms with Crippen molar-refractivity contribution in [1.82, 2.24) is 19.7 Å². The fourth-order valence-corrected chi connectivity index (χ4v) is 2.71. The molecule has 1 fully saturated rings. The molecule has 0 saturated carbocycles. The van der Waals surface area contributed by atoms with Crippen LogP contribution in [0.2, 0.25) is 0 Å². The van der Waals surface area contributed by atoms with Gasteiger partial charge >= 0.3 is 0 Å². The molecule has 1 saturated heterocycles. The Morgan fingerprint density at radius 1 is 1.37 bits per heavy atom. The number of hydrogen-bond donors (Lipinski definition) is 1. The molecule has 108 valence electrons. The van der Waals surface area contributed by atoms with E-state index in [1.165, 1.54) is 0 Å². The largest absolute Gasteiger partial charge is 0.389 e. The summed E-state index contributed by atoms with van der Waals surface area (Å²) in [5.41, 5.74) is -0.619.